The first-order valence-corrected chi connectivity index (χ1v) is 8.73. The number of H-pyrrole nitrogens is 1. The Morgan fingerprint density at radius 2 is 1.88 bits per heavy atom. The largest absolute Gasteiger partial charge is 0.480 e. The van der Waals surface area contributed by atoms with Crippen molar-refractivity contribution in [3.8, 4) is 0 Å². The molecule has 0 spiro atoms. The van der Waals surface area contributed by atoms with Crippen LogP contribution in [0.2, 0.25) is 0 Å². The normalized spacial score (nSPS) is 15.8. The Hall–Kier alpha value is -2.42. The fourth-order valence-corrected chi connectivity index (χ4v) is 2.37. The summed E-state index contributed by atoms with van der Waals surface area (Å²) in [7, 11) is 0. The summed E-state index contributed by atoms with van der Waals surface area (Å²) in [6.45, 7) is 7.32. The highest BCUT2D eigenvalue weighted by Crippen LogP contribution is 2.09. The van der Waals surface area contributed by atoms with Crippen LogP contribution in [0.15, 0.2) is 12.5 Å². The zero-order valence-electron chi connectivity index (χ0n) is 15.7. The molecule has 0 aromatic carbocycles. The summed E-state index contributed by atoms with van der Waals surface area (Å²) < 4.78 is 0. The van der Waals surface area contributed by atoms with E-state index in [4.69, 9.17) is 5.73 Å². The number of hydrogen-bond donors (Lipinski definition) is 5. The van der Waals surface area contributed by atoms with Crippen LogP contribution in [0.25, 0.3) is 0 Å². The summed E-state index contributed by atoms with van der Waals surface area (Å²) in [5, 5.41) is 14.5. The number of hydrogen-bond acceptors (Lipinski definition) is 5. The zero-order valence-corrected chi connectivity index (χ0v) is 15.7. The van der Waals surface area contributed by atoms with Gasteiger partial charge in [-0.3, -0.25) is 9.59 Å². The number of nitrogens with two attached hydrogens (primary N) is 1. The van der Waals surface area contributed by atoms with E-state index in [1.807, 2.05) is 13.8 Å². The summed E-state index contributed by atoms with van der Waals surface area (Å²) in [6, 6.07) is -2.74. The first kappa shape index (κ1) is 21.6. The second kappa shape index (κ2) is 9.91. The molecule has 0 saturated heterocycles. The summed E-state index contributed by atoms with van der Waals surface area (Å²) in [5.41, 5.74) is 6.50. The van der Waals surface area contributed by atoms with Crippen molar-refractivity contribution in [1.29, 1.82) is 0 Å². The van der Waals surface area contributed by atoms with Gasteiger partial charge < -0.3 is 26.5 Å². The molecule has 6 N–H and O–H groups in total. The van der Waals surface area contributed by atoms with E-state index < -0.39 is 35.9 Å². The van der Waals surface area contributed by atoms with Gasteiger partial charge in [0.05, 0.1) is 12.4 Å². The number of carboxylic acids is 1. The van der Waals surface area contributed by atoms with Crippen LogP contribution in [0.4, 0.5) is 0 Å². The van der Waals surface area contributed by atoms with E-state index in [1.165, 1.54) is 12.5 Å². The fourth-order valence-electron chi connectivity index (χ4n) is 2.37. The van der Waals surface area contributed by atoms with Gasteiger partial charge in [0.1, 0.15) is 12.1 Å². The molecule has 1 aromatic heterocycles. The fraction of sp³-hybridized carbons (Fsp3) is 0.647. The molecular formula is C17H29N5O4. The molecule has 0 bridgehead atoms. The molecule has 0 fully saturated rings. The summed E-state index contributed by atoms with van der Waals surface area (Å²) in [6.07, 6.45) is 3.73. The van der Waals surface area contributed by atoms with E-state index >= 15 is 0 Å². The van der Waals surface area contributed by atoms with E-state index in [0.29, 0.717) is 5.69 Å². The van der Waals surface area contributed by atoms with Gasteiger partial charge in [0, 0.05) is 18.3 Å². The molecule has 2 amide bonds. The van der Waals surface area contributed by atoms with Gasteiger partial charge in [-0.25, -0.2) is 9.78 Å². The third-order valence-electron chi connectivity index (χ3n) is 4.40. The average Bonchev–Trinajstić information content (AvgIpc) is 3.09. The number of aromatic nitrogens is 2. The lowest BCUT2D eigenvalue weighted by Crippen LogP contribution is -2.57. The summed E-state index contributed by atoms with van der Waals surface area (Å²) >= 11 is 0. The second-order valence-electron chi connectivity index (χ2n) is 6.82. The number of aromatic amines is 1. The number of aliphatic carboxylic acids is 1. The van der Waals surface area contributed by atoms with Gasteiger partial charge >= 0.3 is 5.97 Å². The van der Waals surface area contributed by atoms with Gasteiger partial charge in [-0.05, 0) is 11.8 Å². The van der Waals surface area contributed by atoms with Crippen molar-refractivity contribution in [2.24, 2.45) is 17.6 Å². The Bertz CT molecular complexity index is 602. The number of nitrogens with one attached hydrogen (secondary N) is 3. The van der Waals surface area contributed by atoms with Crippen LogP contribution < -0.4 is 16.4 Å². The Morgan fingerprint density at radius 3 is 2.35 bits per heavy atom. The number of nitrogens with zero attached hydrogens (tertiary/aromatic N) is 1. The third kappa shape index (κ3) is 6.14. The number of imidazole rings is 1. The molecule has 1 rings (SSSR count). The lowest BCUT2D eigenvalue weighted by Gasteiger charge is -2.26. The molecule has 0 aliphatic rings. The first-order valence-electron chi connectivity index (χ1n) is 8.73. The standard InChI is InChI=1S/C17H29N5O4/c1-5-10(4)13(18)15(23)22-14(9(2)3)16(24)21-12(17(25)26)6-11-7-19-8-20-11/h7-10,12-14H,5-6,18H2,1-4H3,(H,19,20)(H,21,24)(H,22,23)(H,25,26)/t10-,12-,13-,14-/m0/s1. The topological polar surface area (TPSA) is 150 Å². The molecule has 0 radical (unpaired) electrons. The first-order chi connectivity index (χ1) is 12.2. The second-order valence-corrected chi connectivity index (χ2v) is 6.82. The van der Waals surface area contributed by atoms with E-state index in [0.717, 1.165) is 6.42 Å². The summed E-state index contributed by atoms with van der Waals surface area (Å²) in [4.78, 5) is 42.9. The lowest BCUT2D eigenvalue weighted by molar-refractivity contribution is -0.142. The van der Waals surface area contributed by atoms with Crippen LogP contribution in [0.1, 0.15) is 39.8 Å². The molecule has 0 aliphatic carbocycles. The molecule has 26 heavy (non-hydrogen) atoms. The van der Waals surface area contributed by atoms with Crippen molar-refractivity contribution < 1.29 is 19.5 Å². The Balaban J connectivity index is 2.79. The van der Waals surface area contributed by atoms with Gasteiger partial charge in [-0.2, -0.15) is 0 Å². The van der Waals surface area contributed by atoms with E-state index in [1.54, 1.807) is 13.8 Å². The van der Waals surface area contributed by atoms with Crippen molar-refractivity contribution in [3.05, 3.63) is 18.2 Å². The maximum atomic E-state index is 12.6. The van der Waals surface area contributed by atoms with Gasteiger partial charge in [0.15, 0.2) is 0 Å². The molecule has 1 heterocycles. The van der Waals surface area contributed by atoms with Crippen LogP contribution >= 0.6 is 0 Å². The van der Waals surface area contributed by atoms with Crippen LogP contribution in [0, 0.1) is 11.8 Å². The maximum absolute atomic E-state index is 12.6. The van der Waals surface area contributed by atoms with Gasteiger partial charge in [0.2, 0.25) is 11.8 Å². The van der Waals surface area contributed by atoms with Gasteiger partial charge in [-0.1, -0.05) is 34.1 Å². The smallest absolute Gasteiger partial charge is 0.326 e. The van der Waals surface area contributed by atoms with E-state index in [2.05, 4.69) is 20.6 Å². The highest BCUT2D eigenvalue weighted by molar-refractivity contribution is 5.92. The highest BCUT2D eigenvalue weighted by atomic mass is 16.4. The van der Waals surface area contributed by atoms with Crippen molar-refractivity contribution in [2.45, 2.75) is 58.7 Å². The average molecular weight is 367 g/mol. The van der Waals surface area contributed by atoms with Crippen molar-refractivity contribution in [3.63, 3.8) is 0 Å². The van der Waals surface area contributed by atoms with Crippen LogP contribution in [-0.2, 0) is 20.8 Å². The molecule has 0 unspecified atom stereocenters. The molecule has 9 nitrogen and oxygen atoms in total. The van der Waals surface area contributed by atoms with Crippen LogP contribution in [-0.4, -0.2) is 51.0 Å². The van der Waals surface area contributed by atoms with Gasteiger partial charge in [-0.15, -0.1) is 0 Å². The maximum Gasteiger partial charge on any atom is 0.326 e. The Kier molecular flexibility index (Phi) is 8.24. The minimum atomic E-state index is -1.17. The van der Waals surface area contributed by atoms with Crippen LogP contribution in [0.5, 0.6) is 0 Å². The Labute approximate surface area is 153 Å². The van der Waals surface area contributed by atoms with Crippen molar-refractivity contribution in [2.75, 3.05) is 0 Å². The SMILES string of the molecule is CC[C@H](C)[C@H](N)C(=O)N[C@H](C(=O)N[C@@H](Cc1cnc[nH]1)C(=O)O)C(C)C. The quantitative estimate of drug-likeness (QED) is 0.394. The van der Waals surface area contributed by atoms with Crippen molar-refractivity contribution in [1.82, 2.24) is 20.6 Å². The molecule has 9 heteroatoms. The summed E-state index contributed by atoms with van der Waals surface area (Å²) in [5.74, 6) is -2.41. The third-order valence-corrected chi connectivity index (χ3v) is 4.40. The molecule has 0 aliphatic heterocycles. The molecule has 0 saturated carbocycles. The molecule has 4 atom stereocenters. The molecule has 146 valence electrons. The number of rotatable bonds is 10. The number of amides is 2. The van der Waals surface area contributed by atoms with E-state index in [9.17, 15) is 19.5 Å². The predicted molar refractivity (Wildman–Crippen MR) is 96.1 cm³/mol. The van der Waals surface area contributed by atoms with Crippen molar-refractivity contribution >= 4 is 17.8 Å². The minimum Gasteiger partial charge on any atom is -0.480 e. The Morgan fingerprint density at radius 1 is 1.23 bits per heavy atom. The zero-order chi connectivity index (χ0) is 19.9. The van der Waals surface area contributed by atoms with Crippen LogP contribution in [0.3, 0.4) is 0 Å². The predicted octanol–water partition coefficient (Wildman–Crippen LogP) is 0.0358. The molecule has 1 aromatic rings. The van der Waals surface area contributed by atoms with Gasteiger partial charge in [0.25, 0.3) is 0 Å². The minimum absolute atomic E-state index is 0.0296. The number of carboxylic acid groups (broad SMARTS) is 1. The number of carbonyl (C=O) groups is 3. The lowest BCUT2D eigenvalue weighted by atomic mass is 9.97. The molecular weight excluding hydrogens is 338 g/mol. The van der Waals surface area contributed by atoms with E-state index in [-0.39, 0.29) is 18.3 Å². The monoisotopic (exact) mass is 367 g/mol. The number of carbonyl (C=O) groups excluding carboxylic acids is 2. The highest BCUT2D eigenvalue weighted by Gasteiger charge is 2.31.